The second-order valence-electron chi connectivity index (χ2n) is 7.11. The van der Waals surface area contributed by atoms with E-state index in [-0.39, 0.29) is 17.9 Å². The van der Waals surface area contributed by atoms with Crippen LogP contribution in [-0.2, 0) is 0 Å². The lowest BCUT2D eigenvalue weighted by Gasteiger charge is -2.23. The smallest absolute Gasteiger partial charge is 0.251 e. The molecule has 2 amide bonds. The average molecular weight is 352 g/mol. The molecule has 0 saturated heterocycles. The molecule has 0 saturated carbocycles. The number of nitrogens with one attached hydrogen (secondary N) is 1. The molecule has 2 aromatic carbocycles. The van der Waals surface area contributed by atoms with Gasteiger partial charge in [-0.15, -0.1) is 0 Å². The Morgan fingerprint density at radius 1 is 0.885 bits per heavy atom. The van der Waals surface area contributed by atoms with Gasteiger partial charge in [-0.2, -0.15) is 0 Å². The Morgan fingerprint density at radius 3 is 1.85 bits per heavy atom. The molecular weight excluding hydrogens is 324 g/mol. The van der Waals surface area contributed by atoms with Crippen LogP contribution >= 0.6 is 0 Å². The summed E-state index contributed by atoms with van der Waals surface area (Å²) in [4.78, 5) is 23.8. The Hall–Kier alpha value is -2.62. The van der Waals surface area contributed by atoms with Gasteiger partial charge in [-0.25, -0.2) is 0 Å². The summed E-state index contributed by atoms with van der Waals surface area (Å²) in [7, 11) is 0. The van der Waals surface area contributed by atoms with E-state index >= 15 is 0 Å². The molecular formula is C22H28N2O2. The number of primary amides is 1. The van der Waals surface area contributed by atoms with Crippen molar-refractivity contribution < 1.29 is 9.59 Å². The molecule has 0 bridgehead atoms. The van der Waals surface area contributed by atoms with Crippen molar-refractivity contribution in [3.05, 3.63) is 70.8 Å². The number of amides is 2. The summed E-state index contributed by atoms with van der Waals surface area (Å²) < 4.78 is 0. The Labute approximate surface area is 155 Å². The van der Waals surface area contributed by atoms with Crippen LogP contribution in [0, 0.1) is 5.92 Å². The Morgan fingerprint density at radius 2 is 1.38 bits per heavy atom. The van der Waals surface area contributed by atoms with E-state index in [1.807, 2.05) is 0 Å². The molecule has 2 unspecified atom stereocenters. The fraction of sp³-hybridized carbons (Fsp3) is 0.364. The zero-order chi connectivity index (χ0) is 19.3. The summed E-state index contributed by atoms with van der Waals surface area (Å²) >= 11 is 0. The predicted octanol–water partition coefficient (Wildman–Crippen LogP) is 4.43. The third-order valence-corrected chi connectivity index (χ3v) is 4.86. The highest BCUT2D eigenvalue weighted by Gasteiger charge is 2.19. The van der Waals surface area contributed by atoms with Gasteiger partial charge in [0.05, 0.1) is 6.04 Å². The largest absolute Gasteiger partial charge is 0.366 e. The van der Waals surface area contributed by atoms with Gasteiger partial charge in [-0.05, 0) is 53.6 Å². The van der Waals surface area contributed by atoms with Crippen LogP contribution in [0.2, 0.25) is 0 Å². The summed E-state index contributed by atoms with van der Waals surface area (Å²) in [5.41, 5.74) is 8.55. The molecule has 4 heteroatoms. The quantitative estimate of drug-likeness (QED) is 0.774. The summed E-state index contributed by atoms with van der Waals surface area (Å²) in [6.07, 6.45) is 1.10. The maximum atomic E-state index is 12.6. The van der Waals surface area contributed by atoms with Gasteiger partial charge in [0.1, 0.15) is 0 Å². The Kier molecular flexibility index (Phi) is 6.56. The van der Waals surface area contributed by atoms with Crippen molar-refractivity contribution in [3.63, 3.8) is 0 Å². The van der Waals surface area contributed by atoms with Gasteiger partial charge in [0.25, 0.3) is 5.91 Å². The molecule has 0 aliphatic rings. The second-order valence-corrected chi connectivity index (χ2v) is 7.11. The Balaban J connectivity index is 2.17. The minimum atomic E-state index is -0.501. The van der Waals surface area contributed by atoms with Crippen LogP contribution in [0.3, 0.4) is 0 Å². The van der Waals surface area contributed by atoms with E-state index in [1.165, 1.54) is 5.56 Å². The molecule has 0 aliphatic heterocycles. The van der Waals surface area contributed by atoms with Crippen LogP contribution in [0.1, 0.15) is 77.9 Å². The number of benzene rings is 2. The molecule has 3 N–H and O–H groups in total. The van der Waals surface area contributed by atoms with Gasteiger partial charge >= 0.3 is 0 Å². The number of hydrogen-bond donors (Lipinski definition) is 2. The van der Waals surface area contributed by atoms with Crippen molar-refractivity contribution >= 4 is 11.8 Å². The van der Waals surface area contributed by atoms with Gasteiger partial charge < -0.3 is 11.1 Å². The summed E-state index contributed by atoms with van der Waals surface area (Å²) in [6.45, 7) is 8.57. The molecule has 0 spiro atoms. The number of nitrogens with two attached hydrogens (primary N) is 1. The van der Waals surface area contributed by atoms with E-state index in [4.69, 9.17) is 5.73 Å². The summed E-state index contributed by atoms with van der Waals surface area (Å²) in [5.74, 6) is 0.113. The molecule has 0 radical (unpaired) electrons. The van der Waals surface area contributed by atoms with Crippen molar-refractivity contribution in [3.8, 4) is 0 Å². The average Bonchev–Trinajstić information content (AvgIpc) is 2.65. The highest BCUT2D eigenvalue weighted by atomic mass is 16.2. The zero-order valence-electron chi connectivity index (χ0n) is 16.0. The van der Waals surface area contributed by atoms with Crippen molar-refractivity contribution in [1.82, 2.24) is 5.32 Å². The standard InChI is InChI=1S/C22H28N2O2/c1-5-15(4)16-6-8-17(9-7-16)20(14(2)3)24-22(26)19-12-10-18(11-13-19)21(23)25/h6-15,20H,5H2,1-4H3,(H2,23,25)(H,24,26). The van der Waals surface area contributed by atoms with Crippen LogP contribution in [0.5, 0.6) is 0 Å². The Bertz CT molecular complexity index is 749. The molecule has 2 atom stereocenters. The molecule has 0 aliphatic carbocycles. The van der Waals surface area contributed by atoms with Gasteiger partial charge in [0.15, 0.2) is 0 Å². The number of carbonyl (C=O) groups excluding carboxylic acids is 2. The maximum absolute atomic E-state index is 12.6. The molecule has 138 valence electrons. The lowest BCUT2D eigenvalue weighted by molar-refractivity contribution is 0.0924. The van der Waals surface area contributed by atoms with Crippen molar-refractivity contribution in [2.45, 2.75) is 46.1 Å². The first kappa shape index (κ1) is 19.7. The highest BCUT2D eigenvalue weighted by molar-refractivity contribution is 5.97. The van der Waals surface area contributed by atoms with Crippen molar-refractivity contribution in [2.24, 2.45) is 11.7 Å². The van der Waals surface area contributed by atoms with Gasteiger partial charge in [0.2, 0.25) is 5.91 Å². The lowest BCUT2D eigenvalue weighted by atomic mass is 9.92. The second kappa shape index (κ2) is 8.65. The fourth-order valence-corrected chi connectivity index (χ4v) is 2.91. The van der Waals surface area contributed by atoms with Gasteiger partial charge in [-0.3, -0.25) is 9.59 Å². The van der Waals surface area contributed by atoms with Crippen molar-refractivity contribution in [1.29, 1.82) is 0 Å². The molecule has 0 fully saturated rings. The zero-order valence-corrected chi connectivity index (χ0v) is 16.0. The number of rotatable bonds is 7. The minimum absolute atomic E-state index is 0.0794. The molecule has 0 heterocycles. The van der Waals surface area contributed by atoms with Gasteiger partial charge in [-0.1, -0.05) is 52.0 Å². The normalized spacial score (nSPS) is 13.3. The molecule has 0 aromatic heterocycles. The van der Waals surface area contributed by atoms with Crippen LogP contribution in [0.4, 0.5) is 0 Å². The number of carbonyl (C=O) groups is 2. The van der Waals surface area contributed by atoms with E-state index in [1.54, 1.807) is 24.3 Å². The third kappa shape index (κ3) is 4.72. The predicted molar refractivity (Wildman–Crippen MR) is 105 cm³/mol. The first-order valence-corrected chi connectivity index (χ1v) is 9.14. The first-order valence-electron chi connectivity index (χ1n) is 9.14. The van der Waals surface area contributed by atoms with Crippen LogP contribution in [0.25, 0.3) is 0 Å². The SMILES string of the molecule is CCC(C)c1ccc(C(NC(=O)c2ccc(C(N)=O)cc2)C(C)C)cc1. The topological polar surface area (TPSA) is 72.2 Å². The first-order chi connectivity index (χ1) is 12.3. The van der Waals surface area contributed by atoms with Crippen LogP contribution in [-0.4, -0.2) is 11.8 Å². The molecule has 2 rings (SSSR count). The fourth-order valence-electron chi connectivity index (χ4n) is 2.91. The summed E-state index contributed by atoms with van der Waals surface area (Å²) in [6, 6.07) is 14.8. The number of hydrogen-bond acceptors (Lipinski definition) is 2. The lowest BCUT2D eigenvalue weighted by Crippen LogP contribution is -2.31. The minimum Gasteiger partial charge on any atom is -0.366 e. The monoisotopic (exact) mass is 352 g/mol. The van der Waals surface area contributed by atoms with Crippen LogP contribution < -0.4 is 11.1 Å². The molecule has 4 nitrogen and oxygen atoms in total. The van der Waals surface area contributed by atoms with E-state index in [0.717, 1.165) is 12.0 Å². The third-order valence-electron chi connectivity index (χ3n) is 4.86. The van der Waals surface area contributed by atoms with Crippen LogP contribution in [0.15, 0.2) is 48.5 Å². The highest BCUT2D eigenvalue weighted by Crippen LogP contribution is 2.25. The van der Waals surface area contributed by atoms with E-state index in [0.29, 0.717) is 17.0 Å². The van der Waals surface area contributed by atoms with E-state index < -0.39 is 5.91 Å². The van der Waals surface area contributed by atoms with Crippen molar-refractivity contribution in [2.75, 3.05) is 0 Å². The van der Waals surface area contributed by atoms with Gasteiger partial charge in [0, 0.05) is 11.1 Å². The maximum Gasteiger partial charge on any atom is 0.251 e. The molecule has 26 heavy (non-hydrogen) atoms. The van der Waals surface area contributed by atoms with E-state index in [9.17, 15) is 9.59 Å². The van der Waals surface area contributed by atoms with E-state index in [2.05, 4.69) is 57.3 Å². The molecule has 2 aromatic rings. The summed E-state index contributed by atoms with van der Waals surface area (Å²) in [5, 5.41) is 3.11.